The molecule has 0 aliphatic carbocycles. The van der Waals surface area contributed by atoms with Crippen LogP contribution in [0.1, 0.15) is 36.8 Å². The first-order valence-corrected chi connectivity index (χ1v) is 8.75. The zero-order valence-electron chi connectivity index (χ0n) is 15.9. The summed E-state index contributed by atoms with van der Waals surface area (Å²) < 4.78 is 5.20. The zero-order valence-corrected chi connectivity index (χ0v) is 18.2. The Kier molecular flexibility index (Phi) is 9.48. The van der Waals surface area contributed by atoms with Crippen LogP contribution in [-0.4, -0.2) is 55.3 Å². The first-order valence-electron chi connectivity index (χ1n) is 8.75. The van der Waals surface area contributed by atoms with Crippen molar-refractivity contribution in [1.29, 1.82) is 0 Å². The number of halogens is 1. The predicted octanol–water partition coefficient (Wildman–Crippen LogP) is 2.66. The molecule has 0 spiro atoms. The summed E-state index contributed by atoms with van der Waals surface area (Å²) in [5, 5.41) is 10.9. The monoisotopic (exact) mass is 461 g/mol. The summed E-state index contributed by atoms with van der Waals surface area (Å²) in [6.45, 7) is 14.1. The molecule has 7 heteroatoms. The minimum atomic E-state index is 0. The molecular formula is C18H32IN5O. The standard InChI is InChI=1S/C18H31N5O.HI/c1-13(2)12-23-10-7-16(8-11-23)21-18(19-5)20-9-6-17-14(3)22-24-15(17)4;/h16H,1,6-12H2,2-5H3,(H2,19,20,21);1H. The largest absolute Gasteiger partial charge is 0.361 e. The Balaban J connectivity index is 0.00000312. The lowest BCUT2D eigenvalue weighted by atomic mass is 10.0. The fraction of sp³-hybridized carbons (Fsp3) is 0.667. The molecule has 0 atom stereocenters. The first kappa shape index (κ1) is 22.0. The highest BCUT2D eigenvalue weighted by Gasteiger charge is 2.19. The second-order valence-electron chi connectivity index (χ2n) is 6.70. The van der Waals surface area contributed by atoms with Gasteiger partial charge in [0.05, 0.1) is 5.69 Å². The van der Waals surface area contributed by atoms with E-state index in [1.54, 1.807) is 0 Å². The van der Waals surface area contributed by atoms with E-state index in [-0.39, 0.29) is 24.0 Å². The van der Waals surface area contributed by atoms with Crippen molar-refractivity contribution < 1.29 is 4.52 Å². The molecule has 0 aromatic carbocycles. The quantitative estimate of drug-likeness (QED) is 0.295. The molecule has 142 valence electrons. The molecule has 1 aromatic rings. The summed E-state index contributed by atoms with van der Waals surface area (Å²) in [6.07, 6.45) is 3.16. The van der Waals surface area contributed by atoms with E-state index in [0.717, 1.165) is 62.9 Å². The van der Waals surface area contributed by atoms with Gasteiger partial charge in [0.25, 0.3) is 0 Å². The van der Waals surface area contributed by atoms with E-state index in [2.05, 4.69) is 39.2 Å². The van der Waals surface area contributed by atoms with Crippen molar-refractivity contribution in [1.82, 2.24) is 20.7 Å². The van der Waals surface area contributed by atoms with Crippen LogP contribution in [-0.2, 0) is 6.42 Å². The van der Waals surface area contributed by atoms with Crippen LogP contribution >= 0.6 is 24.0 Å². The third kappa shape index (κ3) is 6.97. The van der Waals surface area contributed by atoms with Gasteiger partial charge >= 0.3 is 0 Å². The lowest BCUT2D eigenvalue weighted by molar-refractivity contribution is 0.221. The molecule has 1 aliphatic heterocycles. The molecule has 2 rings (SSSR count). The van der Waals surface area contributed by atoms with Gasteiger partial charge in [0, 0.05) is 44.8 Å². The number of guanidine groups is 1. The summed E-state index contributed by atoms with van der Waals surface area (Å²) in [7, 11) is 1.82. The second-order valence-corrected chi connectivity index (χ2v) is 6.70. The number of nitrogens with one attached hydrogen (secondary N) is 2. The topological polar surface area (TPSA) is 65.7 Å². The number of nitrogens with zero attached hydrogens (tertiary/aromatic N) is 3. The molecule has 2 N–H and O–H groups in total. The van der Waals surface area contributed by atoms with Gasteiger partial charge in [-0.1, -0.05) is 17.3 Å². The molecule has 1 aliphatic rings. The van der Waals surface area contributed by atoms with Crippen molar-refractivity contribution in [2.75, 3.05) is 33.2 Å². The number of rotatable bonds is 6. The van der Waals surface area contributed by atoms with Gasteiger partial charge in [0.15, 0.2) is 5.96 Å². The number of hydrogen-bond acceptors (Lipinski definition) is 4. The highest BCUT2D eigenvalue weighted by Crippen LogP contribution is 2.13. The van der Waals surface area contributed by atoms with E-state index in [4.69, 9.17) is 4.52 Å². The van der Waals surface area contributed by atoms with Crippen LogP contribution in [0, 0.1) is 13.8 Å². The maximum Gasteiger partial charge on any atom is 0.191 e. The van der Waals surface area contributed by atoms with Crippen molar-refractivity contribution in [3.63, 3.8) is 0 Å². The lowest BCUT2D eigenvalue weighted by Gasteiger charge is -2.33. The predicted molar refractivity (Wildman–Crippen MR) is 114 cm³/mol. The number of aromatic nitrogens is 1. The van der Waals surface area contributed by atoms with Gasteiger partial charge in [-0.25, -0.2) is 0 Å². The molecule has 0 radical (unpaired) electrons. The van der Waals surface area contributed by atoms with Crippen molar-refractivity contribution in [2.24, 2.45) is 4.99 Å². The van der Waals surface area contributed by atoms with Crippen LogP contribution in [0.2, 0.25) is 0 Å². The molecule has 1 saturated heterocycles. The summed E-state index contributed by atoms with van der Waals surface area (Å²) in [4.78, 5) is 6.81. The molecule has 1 aromatic heterocycles. The Morgan fingerprint density at radius 3 is 2.56 bits per heavy atom. The SMILES string of the molecule is C=C(C)CN1CCC(NC(=NC)NCCc2c(C)noc2C)CC1.I. The summed E-state index contributed by atoms with van der Waals surface area (Å²) in [5.41, 5.74) is 3.39. The number of hydrogen-bond donors (Lipinski definition) is 2. The van der Waals surface area contributed by atoms with Gasteiger partial charge in [-0.3, -0.25) is 9.89 Å². The average molecular weight is 461 g/mol. The minimum absolute atomic E-state index is 0. The highest BCUT2D eigenvalue weighted by atomic mass is 127. The van der Waals surface area contributed by atoms with Crippen molar-refractivity contribution in [3.05, 3.63) is 29.2 Å². The van der Waals surface area contributed by atoms with Crippen LogP contribution in [0.15, 0.2) is 21.7 Å². The number of likely N-dealkylation sites (tertiary alicyclic amines) is 1. The Morgan fingerprint density at radius 2 is 2.04 bits per heavy atom. The number of aryl methyl sites for hydroxylation is 2. The van der Waals surface area contributed by atoms with Crippen LogP contribution in [0.5, 0.6) is 0 Å². The van der Waals surface area contributed by atoms with E-state index in [1.807, 2.05) is 20.9 Å². The summed E-state index contributed by atoms with van der Waals surface area (Å²) in [5.74, 6) is 1.78. The lowest BCUT2D eigenvalue weighted by Crippen LogP contribution is -2.49. The molecule has 2 heterocycles. The van der Waals surface area contributed by atoms with Gasteiger partial charge in [0.2, 0.25) is 0 Å². The molecular weight excluding hydrogens is 429 g/mol. The van der Waals surface area contributed by atoms with Crippen molar-refractivity contribution in [2.45, 2.75) is 46.1 Å². The van der Waals surface area contributed by atoms with Crippen LogP contribution in [0.3, 0.4) is 0 Å². The summed E-state index contributed by atoms with van der Waals surface area (Å²) in [6, 6.07) is 0.483. The smallest absolute Gasteiger partial charge is 0.191 e. The van der Waals surface area contributed by atoms with Crippen LogP contribution in [0.25, 0.3) is 0 Å². The Labute approximate surface area is 168 Å². The maximum atomic E-state index is 5.20. The van der Waals surface area contributed by atoms with Crippen LogP contribution < -0.4 is 10.6 Å². The molecule has 6 nitrogen and oxygen atoms in total. The average Bonchev–Trinajstić information content (AvgIpc) is 2.87. The first-order chi connectivity index (χ1) is 11.5. The Hall–Kier alpha value is -1.09. The van der Waals surface area contributed by atoms with Crippen molar-refractivity contribution in [3.8, 4) is 0 Å². The normalized spacial score (nSPS) is 16.4. The second kappa shape index (κ2) is 10.8. The third-order valence-corrected chi connectivity index (χ3v) is 4.49. The maximum absolute atomic E-state index is 5.20. The third-order valence-electron chi connectivity index (χ3n) is 4.49. The Bertz CT molecular complexity index is 557. The van der Waals surface area contributed by atoms with E-state index < -0.39 is 0 Å². The van der Waals surface area contributed by atoms with Crippen molar-refractivity contribution >= 4 is 29.9 Å². The molecule has 0 unspecified atom stereocenters. The molecule has 1 fully saturated rings. The van der Waals surface area contributed by atoms with Gasteiger partial charge < -0.3 is 15.2 Å². The highest BCUT2D eigenvalue weighted by molar-refractivity contribution is 14.0. The zero-order chi connectivity index (χ0) is 17.5. The number of aliphatic imine (C=N–C) groups is 1. The van der Waals surface area contributed by atoms with Gasteiger partial charge in [-0.05, 0) is 40.0 Å². The van der Waals surface area contributed by atoms with E-state index in [0.29, 0.717) is 6.04 Å². The summed E-state index contributed by atoms with van der Waals surface area (Å²) >= 11 is 0. The molecule has 25 heavy (non-hydrogen) atoms. The van der Waals surface area contributed by atoms with Crippen LogP contribution in [0.4, 0.5) is 0 Å². The fourth-order valence-electron chi connectivity index (χ4n) is 3.17. The van der Waals surface area contributed by atoms with Gasteiger partial charge in [0.1, 0.15) is 5.76 Å². The Morgan fingerprint density at radius 1 is 1.36 bits per heavy atom. The van der Waals surface area contributed by atoms with Gasteiger partial charge in [-0.2, -0.15) is 0 Å². The van der Waals surface area contributed by atoms with E-state index in [1.165, 1.54) is 11.1 Å². The number of piperidine rings is 1. The van der Waals surface area contributed by atoms with E-state index >= 15 is 0 Å². The van der Waals surface area contributed by atoms with E-state index in [9.17, 15) is 0 Å². The fourth-order valence-corrected chi connectivity index (χ4v) is 3.17. The molecule has 0 bridgehead atoms. The molecule has 0 amide bonds. The minimum Gasteiger partial charge on any atom is -0.361 e. The van der Waals surface area contributed by atoms with Gasteiger partial charge in [-0.15, -0.1) is 24.0 Å². The molecule has 0 saturated carbocycles.